The first-order chi connectivity index (χ1) is 13.3. The fraction of sp³-hybridized carbons (Fsp3) is 0.211. The lowest BCUT2D eigenvalue weighted by Gasteiger charge is -2.11. The topological polar surface area (TPSA) is 107 Å². The van der Waals surface area contributed by atoms with Crippen molar-refractivity contribution in [3.8, 4) is 0 Å². The molecule has 0 atom stereocenters. The Hall–Kier alpha value is -3.20. The quantitative estimate of drug-likeness (QED) is 0.482. The van der Waals surface area contributed by atoms with Crippen LogP contribution in [-0.4, -0.2) is 29.1 Å². The maximum atomic E-state index is 11.9. The van der Waals surface area contributed by atoms with Gasteiger partial charge in [0.05, 0.1) is 4.92 Å². The molecule has 0 bridgehead atoms. The second-order valence-electron chi connectivity index (χ2n) is 6.46. The lowest BCUT2D eigenvalue weighted by Crippen LogP contribution is -2.08. The third-order valence-corrected chi connectivity index (χ3v) is 5.46. The number of nitro groups is 1. The summed E-state index contributed by atoms with van der Waals surface area (Å²) in [5.41, 5.74) is 1.73. The molecule has 0 unspecified atom stereocenters. The Balaban J connectivity index is 1.82. The van der Waals surface area contributed by atoms with Crippen molar-refractivity contribution >= 4 is 21.2 Å². The first-order valence-corrected chi connectivity index (χ1v) is 10.4. The molecule has 0 aliphatic heterocycles. The Labute approximate surface area is 162 Å². The number of imidazole rings is 1. The Kier molecular flexibility index (Phi) is 5.46. The van der Waals surface area contributed by atoms with Crippen LogP contribution in [0.5, 0.6) is 0 Å². The third kappa shape index (κ3) is 4.37. The van der Waals surface area contributed by atoms with Gasteiger partial charge in [-0.2, -0.15) is 0 Å². The second kappa shape index (κ2) is 7.81. The van der Waals surface area contributed by atoms with Gasteiger partial charge in [-0.1, -0.05) is 30.3 Å². The first-order valence-electron chi connectivity index (χ1n) is 8.52. The highest BCUT2D eigenvalue weighted by Crippen LogP contribution is 2.32. The summed E-state index contributed by atoms with van der Waals surface area (Å²) in [5, 5.41) is 14.5. The lowest BCUT2D eigenvalue weighted by molar-refractivity contribution is -0.386. The molecular weight excluding hydrogens is 380 g/mol. The number of aromatic nitrogens is 2. The Morgan fingerprint density at radius 1 is 1.18 bits per heavy atom. The second-order valence-corrected chi connectivity index (χ2v) is 8.44. The predicted octanol–water partition coefficient (Wildman–Crippen LogP) is 3.16. The molecule has 3 aromatic rings. The van der Waals surface area contributed by atoms with Crippen LogP contribution in [0.2, 0.25) is 0 Å². The fourth-order valence-corrected chi connectivity index (χ4v) is 3.82. The number of para-hydroxylation sites is 1. The van der Waals surface area contributed by atoms with Crippen LogP contribution in [-0.2, 0) is 22.9 Å². The van der Waals surface area contributed by atoms with E-state index in [9.17, 15) is 18.5 Å². The van der Waals surface area contributed by atoms with Gasteiger partial charge in [0.25, 0.3) is 0 Å². The summed E-state index contributed by atoms with van der Waals surface area (Å²) in [6.45, 7) is 2.92. The van der Waals surface area contributed by atoms with Gasteiger partial charge in [0.1, 0.15) is 16.4 Å². The average Bonchev–Trinajstić information content (AvgIpc) is 3.04. The van der Waals surface area contributed by atoms with E-state index in [1.807, 2.05) is 42.0 Å². The van der Waals surface area contributed by atoms with Gasteiger partial charge in [-0.15, -0.1) is 0 Å². The van der Waals surface area contributed by atoms with Crippen molar-refractivity contribution in [1.29, 1.82) is 0 Å². The Bertz CT molecular complexity index is 1120. The lowest BCUT2D eigenvalue weighted by atomic mass is 10.1. The molecule has 28 heavy (non-hydrogen) atoms. The molecule has 1 N–H and O–H groups in total. The standard InChI is InChI=1S/C19H20N4O4S/c1-14-20-9-10-22(14)13-16-6-3-5-15(11-16)12-21-17-7-4-8-18(28(2,26)27)19(17)23(24)25/h3-11,21H,12-13H2,1-2H3. The minimum absolute atomic E-state index is 0.170. The van der Waals surface area contributed by atoms with Gasteiger partial charge < -0.3 is 9.88 Å². The van der Waals surface area contributed by atoms with Gasteiger partial charge in [0.2, 0.25) is 0 Å². The maximum Gasteiger partial charge on any atom is 0.310 e. The molecule has 0 spiro atoms. The van der Waals surface area contributed by atoms with Crippen LogP contribution in [0.15, 0.2) is 59.8 Å². The molecule has 0 saturated heterocycles. The van der Waals surface area contributed by atoms with E-state index in [-0.39, 0.29) is 10.6 Å². The Morgan fingerprint density at radius 2 is 1.89 bits per heavy atom. The number of hydrogen-bond acceptors (Lipinski definition) is 6. The molecule has 0 radical (unpaired) electrons. The molecule has 0 aliphatic rings. The van der Waals surface area contributed by atoms with Crippen LogP contribution in [0.4, 0.5) is 11.4 Å². The molecule has 8 nitrogen and oxygen atoms in total. The van der Waals surface area contributed by atoms with E-state index < -0.39 is 20.4 Å². The summed E-state index contributed by atoms with van der Waals surface area (Å²) in [4.78, 5) is 14.7. The molecule has 0 fully saturated rings. The number of sulfone groups is 1. The highest BCUT2D eigenvalue weighted by Gasteiger charge is 2.25. The van der Waals surface area contributed by atoms with E-state index in [4.69, 9.17) is 0 Å². The molecule has 1 heterocycles. The van der Waals surface area contributed by atoms with Gasteiger partial charge >= 0.3 is 5.69 Å². The minimum atomic E-state index is -3.71. The number of rotatable bonds is 7. The van der Waals surface area contributed by atoms with E-state index in [0.29, 0.717) is 13.1 Å². The zero-order valence-corrected chi connectivity index (χ0v) is 16.3. The highest BCUT2D eigenvalue weighted by molar-refractivity contribution is 7.90. The number of hydrogen-bond donors (Lipinski definition) is 1. The molecule has 2 aromatic carbocycles. The van der Waals surface area contributed by atoms with Crippen LogP contribution < -0.4 is 5.32 Å². The van der Waals surface area contributed by atoms with E-state index >= 15 is 0 Å². The van der Waals surface area contributed by atoms with Crippen molar-refractivity contribution in [3.05, 3.63) is 81.9 Å². The Morgan fingerprint density at radius 3 is 2.54 bits per heavy atom. The van der Waals surface area contributed by atoms with Gasteiger partial charge in [-0.25, -0.2) is 13.4 Å². The average molecular weight is 400 g/mol. The van der Waals surface area contributed by atoms with Crippen LogP contribution in [0, 0.1) is 17.0 Å². The number of nitro benzene ring substituents is 1. The molecule has 0 amide bonds. The molecule has 0 aliphatic carbocycles. The molecule has 3 rings (SSSR count). The summed E-state index contributed by atoms with van der Waals surface area (Å²) >= 11 is 0. The summed E-state index contributed by atoms with van der Waals surface area (Å²) in [5.74, 6) is 0.914. The fourth-order valence-electron chi connectivity index (χ4n) is 2.96. The predicted molar refractivity (Wildman–Crippen MR) is 106 cm³/mol. The van der Waals surface area contributed by atoms with Crippen LogP contribution in [0.1, 0.15) is 17.0 Å². The number of benzene rings is 2. The van der Waals surface area contributed by atoms with Gasteiger partial charge in [0.15, 0.2) is 9.84 Å². The monoisotopic (exact) mass is 400 g/mol. The van der Waals surface area contributed by atoms with Crippen LogP contribution in [0.25, 0.3) is 0 Å². The van der Waals surface area contributed by atoms with Crippen molar-refractivity contribution in [2.75, 3.05) is 11.6 Å². The van der Waals surface area contributed by atoms with Crippen molar-refractivity contribution in [2.24, 2.45) is 0 Å². The van der Waals surface area contributed by atoms with Crippen molar-refractivity contribution in [3.63, 3.8) is 0 Å². The summed E-state index contributed by atoms with van der Waals surface area (Å²) in [6, 6.07) is 12.1. The van der Waals surface area contributed by atoms with Crippen molar-refractivity contribution in [1.82, 2.24) is 9.55 Å². The number of nitrogens with one attached hydrogen (secondary N) is 1. The van der Waals surface area contributed by atoms with Crippen LogP contribution >= 0.6 is 0 Å². The first kappa shape index (κ1) is 19.6. The summed E-state index contributed by atoms with van der Waals surface area (Å²) in [7, 11) is -3.71. The molecule has 0 saturated carbocycles. The minimum Gasteiger partial charge on any atom is -0.375 e. The van der Waals surface area contributed by atoms with Gasteiger partial charge in [0, 0.05) is 31.7 Å². The zero-order chi connectivity index (χ0) is 20.3. The zero-order valence-electron chi connectivity index (χ0n) is 15.5. The third-order valence-electron chi connectivity index (χ3n) is 4.33. The van der Waals surface area contributed by atoms with Crippen molar-refractivity contribution < 1.29 is 13.3 Å². The van der Waals surface area contributed by atoms with Crippen LogP contribution in [0.3, 0.4) is 0 Å². The van der Waals surface area contributed by atoms with Gasteiger partial charge in [-0.05, 0) is 30.2 Å². The normalized spacial score (nSPS) is 11.4. The highest BCUT2D eigenvalue weighted by atomic mass is 32.2. The molecule has 146 valence electrons. The maximum absolute atomic E-state index is 11.9. The molecule has 9 heteroatoms. The number of nitrogens with zero attached hydrogens (tertiary/aromatic N) is 3. The largest absolute Gasteiger partial charge is 0.375 e. The molecule has 1 aromatic heterocycles. The van der Waals surface area contributed by atoms with E-state index in [2.05, 4.69) is 10.3 Å². The van der Waals surface area contributed by atoms with E-state index in [1.165, 1.54) is 18.2 Å². The summed E-state index contributed by atoms with van der Waals surface area (Å²) in [6.07, 6.45) is 4.61. The van der Waals surface area contributed by atoms with Gasteiger partial charge in [-0.3, -0.25) is 10.1 Å². The SMILES string of the molecule is Cc1nccn1Cc1cccc(CNc2cccc(S(C)(=O)=O)c2[N+](=O)[O-])c1. The van der Waals surface area contributed by atoms with Crippen molar-refractivity contribution in [2.45, 2.75) is 24.9 Å². The molecular formula is C19H20N4O4S. The number of aryl methyl sites for hydroxylation is 1. The summed E-state index contributed by atoms with van der Waals surface area (Å²) < 4.78 is 25.8. The number of anilines is 1. The smallest absolute Gasteiger partial charge is 0.310 e. The van der Waals surface area contributed by atoms with E-state index in [1.54, 1.807) is 6.20 Å². The van der Waals surface area contributed by atoms with E-state index in [0.717, 1.165) is 23.2 Å².